The van der Waals surface area contributed by atoms with Crippen LogP contribution < -0.4 is 10.2 Å². The minimum Gasteiger partial charge on any atom is -0.756 e. The Labute approximate surface area is 501 Å². The first-order valence-electron chi connectivity index (χ1n) is 33.4. The fourth-order valence-corrected chi connectivity index (χ4v) is 9.99. The molecule has 0 saturated heterocycles. The molecule has 0 aromatic rings. The van der Waals surface area contributed by atoms with Crippen LogP contribution in [0.2, 0.25) is 0 Å². The molecule has 0 rings (SSSR count). The largest absolute Gasteiger partial charge is 0.756 e. The van der Waals surface area contributed by atoms with Gasteiger partial charge in [-0.1, -0.05) is 302 Å². The van der Waals surface area contributed by atoms with Crippen molar-refractivity contribution in [3.63, 3.8) is 0 Å². The zero-order valence-corrected chi connectivity index (χ0v) is 54.1. The molecule has 0 aliphatic rings. The quantitative estimate of drug-likeness (QED) is 0.0272. The van der Waals surface area contributed by atoms with Gasteiger partial charge in [-0.15, -0.1) is 0 Å². The van der Waals surface area contributed by atoms with Crippen molar-refractivity contribution in [2.75, 3.05) is 40.9 Å². The molecule has 0 spiro atoms. The maximum Gasteiger partial charge on any atom is 0.268 e. The summed E-state index contributed by atoms with van der Waals surface area (Å²) in [5, 5.41) is 13.9. The minimum absolute atomic E-state index is 0.00598. The van der Waals surface area contributed by atoms with E-state index >= 15 is 0 Å². The number of allylic oxidation sites excluding steroid dienone is 19. The number of carbonyl (C=O) groups is 1. The molecule has 0 aromatic carbocycles. The van der Waals surface area contributed by atoms with Crippen LogP contribution in [0.3, 0.4) is 0 Å². The molecule has 3 unspecified atom stereocenters. The second kappa shape index (κ2) is 61.5. The highest BCUT2D eigenvalue weighted by molar-refractivity contribution is 7.45. The van der Waals surface area contributed by atoms with E-state index in [1.165, 1.54) is 154 Å². The lowest BCUT2D eigenvalue weighted by Gasteiger charge is -2.29. The summed E-state index contributed by atoms with van der Waals surface area (Å²) in [6.07, 6.45) is 91.5. The molecule has 1 amide bonds. The number of nitrogens with one attached hydrogen (secondary N) is 1. The van der Waals surface area contributed by atoms with Gasteiger partial charge in [0, 0.05) is 6.42 Å². The third-order valence-electron chi connectivity index (χ3n) is 14.4. The van der Waals surface area contributed by atoms with E-state index in [0.717, 1.165) is 103 Å². The van der Waals surface area contributed by atoms with Gasteiger partial charge in [-0.3, -0.25) is 9.36 Å². The van der Waals surface area contributed by atoms with Crippen LogP contribution in [0.5, 0.6) is 0 Å². The number of carbonyl (C=O) groups excluding carboxylic acids is 1. The number of phosphoric ester groups is 1. The molecule has 8 nitrogen and oxygen atoms in total. The number of phosphoric acid groups is 1. The summed E-state index contributed by atoms with van der Waals surface area (Å²) in [7, 11) is 1.25. The number of likely N-dealkylation sites (N-methyl/N-ethyl adjacent to an activating group) is 1. The predicted octanol–water partition coefficient (Wildman–Crippen LogP) is 20.6. The molecule has 2 N–H and O–H groups in total. The zero-order valence-electron chi connectivity index (χ0n) is 53.2. The fraction of sp³-hybridized carbons (Fsp3) is 0.708. The number of nitrogens with zero attached hydrogens (tertiary/aromatic N) is 1. The molecule has 0 aromatic heterocycles. The number of quaternary nitrogens is 1. The molecule has 81 heavy (non-hydrogen) atoms. The third-order valence-corrected chi connectivity index (χ3v) is 15.4. The molecular weight excluding hydrogens is 1020 g/mol. The average Bonchev–Trinajstić information content (AvgIpc) is 3.43. The molecule has 466 valence electrons. The van der Waals surface area contributed by atoms with E-state index in [4.69, 9.17) is 9.05 Å². The lowest BCUT2D eigenvalue weighted by molar-refractivity contribution is -0.870. The van der Waals surface area contributed by atoms with Gasteiger partial charge in [-0.25, -0.2) is 0 Å². The number of aliphatic hydroxyl groups is 1. The van der Waals surface area contributed by atoms with Crippen molar-refractivity contribution in [2.24, 2.45) is 0 Å². The van der Waals surface area contributed by atoms with Crippen molar-refractivity contribution in [3.05, 3.63) is 122 Å². The van der Waals surface area contributed by atoms with E-state index in [1.54, 1.807) is 6.08 Å². The van der Waals surface area contributed by atoms with E-state index in [2.05, 4.69) is 129 Å². The van der Waals surface area contributed by atoms with E-state index in [9.17, 15) is 19.4 Å². The number of unbranched alkanes of at least 4 members (excludes halogenated alkanes) is 29. The van der Waals surface area contributed by atoms with Gasteiger partial charge in [0.1, 0.15) is 13.2 Å². The number of hydrogen-bond acceptors (Lipinski definition) is 6. The molecule has 9 heteroatoms. The Bertz CT molecular complexity index is 1730. The second-order valence-electron chi connectivity index (χ2n) is 23.4. The van der Waals surface area contributed by atoms with Gasteiger partial charge in [0.15, 0.2) is 0 Å². The molecule has 0 fully saturated rings. The Morgan fingerprint density at radius 3 is 1.10 bits per heavy atom. The van der Waals surface area contributed by atoms with Crippen LogP contribution in [0.1, 0.15) is 277 Å². The molecule has 3 atom stereocenters. The Hall–Kier alpha value is -3.10. The fourth-order valence-electron chi connectivity index (χ4n) is 9.26. The van der Waals surface area contributed by atoms with Crippen molar-refractivity contribution in [1.29, 1.82) is 0 Å². The first kappa shape index (κ1) is 77.9. The van der Waals surface area contributed by atoms with E-state index in [0.29, 0.717) is 17.4 Å². The maximum absolute atomic E-state index is 13.0. The molecule has 0 aliphatic carbocycles. The zero-order chi connectivity index (χ0) is 59.1. The van der Waals surface area contributed by atoms with E-state index in [-0.39, 0.29) is 19.1 Å². The van der Waals surface area contributed by atoms with Crippen LogP contribution in [0.15, 0.2) is 122 Å². The Kier molecular flexibility index (Phi) is 59.1. The normalized spacial score (nSPS) is 14.5. The standard InChI is InChI=1S/C72H127N2O6P/c1-6-8-10-12-14-16-18-20-22-24-26-28-29-30-31-32-33-34-35-36-37-38-39-40-41-42-43-44-45-46-48-50-52-54-56-58-60-62-64-66-72(76)73-70(69-80-81(77,78)79-68-67-74(3,4)5)71(75)65-63-61-59-57-55-53-51-49-47-27-25-23-21-19-17-15-13-11-9-7-2/h8,10,14,16,20,22,26,28,30-31,33-34,36-37,39-40,42-43,63,65,70-71,75H,6-7,9,11-13,15,17-19,21,23-25,27,29,32,35,38,41,44-62,64,66-69H2,1-5H3,(H-,73,76,77,78)/b10-8-,16-14-,22-20-,28-26-,31-30-,34-33-,37-36-,40-39-,43-42-,65-63+. The number of amides is 1. The third kappa shape index (κ3) is 64.3. The minimum atomic E-state index is -4.61. The van der Waals surface area contributed by atoms with Gasteiger partial charge >= 0.3 is 0 Å². The highest BCUT2D eigenvalue weighted by Gasteiger charge is 2.23. The van der Waals surface area contributed by atoms with Crippen LogP contribution in [0.25, 0.3) is 0 Å². The molecular formula is C72H127N2O6P. The molecule has 0 bridgehead atoms. The summed E-state index contributed by atoms with van der Waals surface area (Å²) in [4.78, 5) is 25.6. The molecule has 0 saturated carbocycles. The first-order valence-corrected chi connectivity index (χ1v) is 34.9. The summed E-state index contributed by atoms with van der Waals surface area (Å²) in [6.45, 7) is 4.55. The Morgan fingerprint density at radius 1 is 0.444 bits per heavy atom. The highest BCUT2D eigenvalue weighted by Crippen LogP contribution is 2.38. The summed E-state index contributed by atoms with van der Waals surface area (Å²) in [6, 6.07) is -0.896. The van der Waals surface area contributed by atoms with Gasteiger partial charge in [0.25, 0.3) is 7.82 Å². The van der Waals surface area contributed by atoms with Crippen molar-refractivity contribution < 1.29 is 32.9 Å². The van der Waals surface area contributed by atoms with Crippen molar-refractivity contribution in [2.45, 2.75) is 289 Å². The van der Waals surface area contributed by atoms with Crippen LogP contribution in [-0.4, -0.2) is 68.5 Å². The lowest BCUT2D eigenvalue weighted by atomic mass is 10.0. The van der Waals surface area contributed by atoms with Gasteiger partial charge in [-0.2, -0.15) is 0 Å². The van der Waals surface area contributed by atoms with Crippen LogP contribution in [0.4, 0.5) is 0 Å². The van der Waals surface area contributed by atoms with Crippen molar-refractivity contribution >= 4 is 13.7 Å². The topological polar surface area (TPSA) is 108 Å². The Morgan fingerprint density at radius 2 is 0.753 bits per heavy atom. The van der Waals surface area contributed by atoms with Crippen LogP contribution in [0, 0.1) is 0 Å². The SMILES string of the molecule is CC/C=C\C/C=C\C/C=C\C/C=C\C/C=C\C/C=C\C/C=C\C/C=C\C/C=C\CCCCCCCCCCCCCC(=O)NC(COP(=O)([O-])OCC[N+](C)(C)C)C(O)/C=C/CCCCCCCCCCCCCCCCCCCC. The van der Waals surface area contributed by atoms with Gasteiger partial charge in [0.2, 0.25) is 5.91 Å². The van der Waals surface area contributed by atoms with Crippen molar-refractivity contribution in [3.8, 4) is 0 Å². The van der Waals surface area contributed by atoms with Gasteiger partial charge in [-0.05, 0) is 89.9 Å². The van der Waals surface area contributed by atoms with Crippen LogP contribution in [-0.2, 0) is 18.4 Å². The second-order valence-corrected chi connectivity index (χ2v) is 24.9. The summed E-state index contributed by atoms with van der Waals surface area (Å²) in [5.74, 6) is -0.203. The molecule has 0 aliphatic heterocycles. The predicted molar refractivity (Wildman–Crippen MR) is 352 cm³/mol. The van der Waals surface area contributed by atoms with E-state index in [1.807, 2.05) is 27.2 Å². The van der Waals surface area contributed by atoms with Crippen LogP contribution >= 0.6 is 7.82 Å². The summed E-state index contributed by atoms with van der Waals surface area (Å²) < 4.78 is 23.4. The van der Waals surface area contributed by atoms with Crippen molar-refractivity contribution in [1.82, 2.24) is 5.32 Å². The number of hydrogen-bond donors (Lipinski definition) is 2. The lowest BCUT2D eigenvalue weighted by Crippen LogP contribution is -2.45. The summed E-state index contributed by atoms with van der Waals surface area (Å²) in [5.41, 5.74) is 0. The average molecular weight is 1150 g/mol. The number of aliphatic hydroxyl groups excluding tert-OH is 1. The summed E-state index contributed by atoms with van der Waals surface area (Å²) >= 11 is 0. The molecule has 0 radical (unpaired) electrons. The monoisotopic (exact) mass is 1150 g/mol. The first-order chi connectivity index (χ1) is 39.5. The Balaban J connectivity index is 4.11. The van der Waals surface area contributed by atoms with Gasteiger partial charge in [0.05, 0.1) is 39.9 Å². The highest BCUT2D eigenvalue weighted by atomic mass is 31.2. The van der Waals surface area contributed by atoms with Gasteiger partial charge < -0.3 is 28.8 Å². The smallest absolute Gasteiger partial charge is 0.268 e. The number of rotatable bonds is 60. The maximum atomic E-state index is 13.0. The molecule has 0 heterocycles. The van der Waals surface area contributed by atoms with E-state index < -0.39 is 20.0 Å².